The number of carbonyl (C=O) groups excluding carboxylic acids is 1. The smallest absolute Gasteiger partial charge is 0.332 e. The Kier molecular flexibility index (Phi) is 7.06. The predicted molar refractivity (Wildman–Crippen MR) is 134 cm³/mol. The zero-order chi connectivity index (χ0) is 25.1. The van der Waals surface area contributed by atoms with E-state index in [9.17, 15) is 14.4 Å². The molecule has 0 amide bonds. The third-order valence-corrected chi connectivity index (χ3v) is 6.61. The van der Waals surface area contributed by atoms with E-state index in [1.54, 1.807) is 6.26 Å². The maximum absolute atomic E-state index is 13.1. The molecule has 1 aromatic carbocycles. The van der Waals surface area contributed by atoms with E-state index in [2.05, 4.69) is 10.2 Å². The molecule has 11 heteroatoms. The number of nitrogens with zero attached hydrogens (tertiary/aromatic N) is 5. The lowest BCUT2D eigenvalue weighted by atomic mass is 10.2. The highest BCUT2D eigenvalue weighted by Gasteiger charge is 2.23. The molecule has 0 saturated carbocycles. The van der Waals surface area contributed by atoms with Gasteiger partial charge in [-0.25, -0.2) is 4.79 Å². The van der Waals surface area contributed by atoms with E-state index in [-0.39, 0.29) is 17.1 Å². The first-order chi connectivity index (χ1) is 16.8. The van der Waals surface area contributed by atoms with Gasteiger partial charge in [-0.15, -0.1) is 10.2 Å². The molecule has 0 bridgehead atoms. The van der Waals surface area contributed by atoms with Crippen LogP contribution in [-0.4, -0.2) is 35.4 Å². The summed E-state index contributed by atoms with van der Waals surface area (Å²) in [5.74, 6) is 0.635. The van der Waals surface area contributed by atoms with E-state index in [0.717, 1.165) is 27.5 Å². The second-order valence-electron chi connectivity index (χ2n) is 8.04. The topological polar surface area (TPSA) is 131 Å². The van der Waals surface area contributed by atoms with Gasteiger partial charge < -0.3 is 10.2 Å². The second-order valence-corrected chi connectivity index (χ2v) is 8.98. The summed E-state index contributed by atoms with van der Waals surface area (Å²) in [6.07, 6.45) is 2.22. The second kappa shape index (κ2) is 10.2. The molecule has 2 N–H and O–H groups in total. The molecule has 0 aliphatic rings. The molecule has 0 aliphatic carbocycles. The molecule has 3 aromatic heterocycles. The number of ketones is 1. The average molecular weight is 495 g/mol. The van der Waals surface area contributed by atoms with Crippen molar-refractivity contribution >= 4 is 23.4 Å². The maximum atomic E-state index is 13.1. The SMILES string of the molecule is CCCn1c(N)c(C(=O)CSc2nnc(-c3ccoc3C)n2Cc2ccccc2)c(=O)n(C)c1=O. The molecule has 0 atom stereocenters. The molecule has 10 nitrogen and oxygen atoms in total. The van der Waals surface area contributed by atoms with E-state index >= 15 is 0 Å². The highest BCUT2D eigenvalue weighted by atomic mass is 32.2. The van der Waals surface area contributed by atoms with Crippen LogP contribution in [0.4, 0.5) is 5.82 Å². The molecule has 0 unspecified atom stereocenters. The number of carbonyl (C=O) groups is 1. The summed E-state index contributed by atoms with van der Waals surface area (Å²) in [7, 11) is 1.34. The predicted octanol–water partition coefficient (Wildman–Crippen LogP) is 2.72. The number of aryl methyl sites for hydroxylation is 1. The number of rotatable bonds is 9. The molecule has 0 aliphatic heterocycles. The first-order valence-corrected chi connectivity index (χ1v) is 12.1. The molecule has 3 heterocycles. The lowest BCUT2D eigenvalue weighted by molar-refractivity contribution is 0.102. The van der Waals surface area contributed by atoms with E-state index in [4.69, 9.17) is 10.2 Å². The van der Waals surface area contributed by atoms with Gasteiger partial charge in [0.1, 0.15) is 17.1 Å². The quantitative estimate of drug-likeness (QED) is 0.278. The fourth-order valence-corrected chi connectivity index (χ4v) is 4.62. The van der Waals surface area contributed by atoms with Crippen LogP contribution < -0.4 is 17.0 Å². The Morgan fingerprint density at radius 1 is 1.11 bits per heavy atom. The van der Waals surface area contributed by atoms with Gasteiger partial charge in [-0.1, -0.05) is 49.0 Å². The van der Waals surface area contributed by atoms with Crippen LogP contribution in [0.25, 0.3) is 11.4 Å². The molecule has 0 saturated heterocycles. The molecule has 0 spiro atoms. The summed E-state index contributed by atoms with van der Waals surface area (Å²) >= 11 is 1.16. The maximum Gasteiger partial charge on any atom is 0.332 e. The number of nitrogen functional groups attached to an aromatic ring is 1. The summed E-state index contributed by atoms with van der Waals surface area (Å²) in [4.78, 5) is 38.3. The van der Waals surface area contributed by atoms with Crippen molar-refractivity contribution in [3.05, 3.63) is 80.4 Å². The Hall–Kier alpha value is -3.86. The van der Waals surface area contributed by atoms with Crippen LogP contribution in [0.15, 0.2) is 61.8 Å². The van der Waals surface area contributed by atoms with Crippen LogP contribution in [0.5, 0.6) is 0 Å². The van der Waals surface area contributed by atoms with Gasteiger partial charge in [0.05, 0.1) is 24.1 Å². The number of furan rings is 1. The summed E-state index contributed by atoms with van der Waals surface area (Å²) < 4.78 is 9.53. The van der Waals surface area contributed by atoms with E-state index in [1.807, 2.05) is 54.8 Å². The summed E-state index contributed by atoms with van der Waals surface area (Å²) in [6, 6.07) is 11.6. The van der Waals surface area contributed by atoms with Gasteiger partial charge in [-0.05, 0) is 25.0 Å². The van der Waals surface area contributed by atoms with E-state index < -0.39 is 17.0 Å². The van der Waals surface area contributed by atoms with Gasteiger partial charge in [0.15, 0.2) is 16.8 Å². The summed E-state index contributed by atoms with van der Waals surface area (Å²) in [5.41, 5.74) is 6.51. The monoisotopic (exact) mass is 494 g/mol. The number of benzene rings is 1. The molecule has 4 rings (SSSR count). The van der Waals surface area contributed by atoms with Crippen LogP contribution in [-0.2, 0) is 20.1 Å². The van der Waals surface area contributed by atoms with Gasteiger partial charge in [0.25, 0.3) is 5.56 Å². The molecule has 182 valence electrons. The Bertz CT molecular complexity index is 1480. The van der Waals surface area contributed by atoms with Crippen LogP contribution in [0.2, 0.25) is 0 Å². The molecule has 0 fully saturated rings. The zero-order valence-corrected chi connectivity index (χ0v) is 20.5. The van der Waals surface area contributed by atoms with E-state index in [1.165, 1.54) is 11.6 Å². The van der Waals surface area contributed by atoms with Crippen molar-refractivity contribution < 1.29 is 9.21 Å². The van der Waals surface area contributed by atoms with Gasteiger partial charge in [-0.3, -0.25) is 23.3 Å². The number of thioether (sulfide) groups is 1. The van der Waals surface area contributed by atoms with Crippen molar-refractivity contribution in [2.45, 2.75) is 38.5 Å². The van der Waals surface area contributed by atoms with Crippen LogP contribution in [0, 0.1) is 6.92 Å². The Balaban J connectivity index is 1.67. The lowest BCUT2D eigenvalue weighted by Crippen LogP contribution is -2.42. The minimum atomic E-state index is -0.703. The van der Waals surface area contributed by atoms with Crippen molar-refractivity contribution in [2.24, 2.45) is 7.05 Å². The summed E-state index contributed by atoms with van der Waals surface area (Å²) in [6.45, 7) is 4.52. The Morgan fingerprint density at radius 3 is 2.51 bits per heavy atom. The molecular formula is C24H26N6O4S. The van der Waals surface area contributed by atoms with Crippen LogP contribution in [0.1, 0.15) is 35.0 Å². The molecular weight excluding hydrogens is 468 g/mol. The van der Waals surface area contributed by atoms with E-state index in [0.29, 0.717) is 36.3 Å². The molecule has 0 radical (unpaired) electrons. The number of hydrogen-bond donors (Lipinski definition) is 1. The number of anilines is 1. The Morgan fingerprint density at radius 2 is 1.86 bits per heavy atom. The average Bonchev–Trinajstić information content (AvgIpc) is 3.45. The van der Waals surface area contributed by atoms with Crippen molar-refractivity contribution in [1.82, 2.24) is 23.9 Å². The fourth-order valence-electron chi connectivity index (χ4n) is 3.81. The first kappa shape index (κ1) is 24.3. The summed E-state index contributed by atoms with van der Waals surface area (Å²) in [5, 5.41) is 9.17. The van der Waals surface area contributed by atoms with Crippen LogP contribution >= 0.6 is 11.8 Å². The van der Waals surface area contributed by atoms with Gasteiger partial charge >= 0.3 is 5.69 Å². The van der Waals surface area contributed by atoms with Crippen molar-refractivity contribution in [2.75, 3.05) is 11.5 Å². The first-order valence-electron chi connectivity index (χ1n) is 11.1. The normalized spacial score (nSPS) is 11.2. The highest BCUT2D eigenvalue weighted by molar-refractivity contribution is 7.99. The number of hydrogen-bond acceptors (Lipinski definition) is 8. The zero-order valence-electron chi connectivity index (χ0n) is 19.7. The lowest BCUT2D eigenvalue weighted by Gasteiger charge is -2.14. The fraction of sp³-hybridized carbons (Fsp3) is 0.292. The van der Waals surface area contributed by atoms with Gasteiger partial charge in [0.2, 0.25) is 0 Å². The van der Waals surface area contributed by atoms with Crippen LogP contribution in [0.3, 0.4) is 0 Å². The molecule has 4 aromatic rings. The number of Topliss-reactive ketones (excluding diaryl/α,β-unsaturated/α-hetero) is 1. The standard InChI is InChI=1S/C24H26N6O4S/c1-4-11-29-20(25)19(22(32)28(3)24(29)33)18(31)14-35-23-27-26-21(17-10-12-34-15(17)2)30(23)13-16-8-6-5-7-9-16/h5-10,12H,4,11,13-14,25H2,1-3H3. The van der Waals surface area contributed by atoms with Crippen molar-refractivity contribution in [3.8, 4) is 11.4 Å². The van der Waals surface area contributed by atoms with Crippen molar-refractivity contribution in [3.63, 3.8) is 0 Å². The third-order valence-electron chi connectivity index (χ3n) is 5.64. The third kappa shape index (κ3) is 4.72. The molecule has 35 heavy (non-hydrogen) atoms. The highest BCUT2D eigenvalue weighted by Crippen LogP contribution is 2.28. The van der Waals surface area contributed by atoms with Gasteiger partial charge in [-0.2, -0.15) is 0 Å². The largest absolute Gasteiger partial charge is 0.469 e. The number of aromatic nitrogens is 5. The van der Waals surface area contributed by atoms with Gasteiger partial charge in [0, 0.05) is 13.6 Å². The van der Waals surface area contributed by atoms with Crippen molar-refractivity contribution in [1.29, 1.82) is 0 Å². The Labute approximate surface area is 205 Å². The minimum absolute atomic E-state index is 0.0962. The minimum Gasteiger partial charge on any atom is -0.469 e. The number of nitrogens with two attached hydrogens (primary N) is 1.